The third-order valence-corrected chi connectivity index (χ3v) is 5.85. The molecule has 4 rings (SSSR count). The number of benzene rings is 2. The summed E-state index contributed by atoms with van der Waals surface area (Å²) in [6.07, 6.45) is 2.01. The van der Waals surface area contributed by atoms with Crippen LogP contribution in [0.2, 0.25) is 0 Å². The second-order valence-electron chi connectivity index (χ2n) is 8.10. The van der Waals surface area contributed by atoms with Gasteiger partial charge in [-0.3, -0.25) is 9.20 Å². The van der Waals surface area contributed by atoms with Gasteiger partial charge in [0, 0.05) is 23.0 Å². The van der Waals surface area contributed by atoms with Gasteiger partial charge in [0.15, 0.2) is 6.61 Å². The number of halogens is 1. The quantitative estimate of drug-likeness (QED) is 0.389. The van der Waals surface area contributed by atoms with E-state index in [-0.39, 0.29) is 6.61 Å². The van der Waals surface area contributed by atoms with E-state index in [4.69, 9.17) is 10.5 Å². The number of aromatic nitrogens is 1. The standard InChI is InChI=1S/C27H25FN4O2/c1-4-18-9-6-10-22(34-15-23(30)33)24(18)25-20(13-29)21-12-11-19(28)14-32(21)27(25)31-26-16(2)7-5-8-17(26)3/h5-12,14,31H,4,15H2,1-3H3,(H2,30,33). The lowest BCUT2D eigenvalue weighted by atomic mass is 9.95. The maximum Gasteiger partial charge on any atom is 0.255 e. The molecule has 6 nitrogen and oxygen atoms in total. The van der Waals surface area contributed by atoms with E-state index < -0.39 is 11.7 Å². The molecular weight excluding hydrogens is 431 g/mol. The number of nitrogens with two attached hydrogens (primary N) is 1. The van der Waals surface area contributed by atoms with E-state index in [1.165, 1.54) is 12.3 Å². The van der Waals surface area contributed by atoms with Crippen LogP contribution in [-0.2, 0) is 11.2 Å². The van der Waals surface area contributed by atoms with Gasteiger partial charge >= 0.3 is 0 Å². The molecule has 2 aromatic heterocycles. The highest BCUT2D eigenvalue weighted by Crippen LogP contribution is 2.44. The molecule has 0 aliphatic heterocycles. The number of hydrogen-bond acceptors (Lipinski definition) is 4. The predicted molar refractivity (Wildman–Crippen MR) is 131 cm³/mol. The van der Waals surface area contributed by atoms with Crippen LogP contribution >= 0.6 is 0 Å². The first-order chi connectivity index (χ1) is 16.3. The molecule has 0 saturated heterocycles. The van der Waals surface area contributed by atoms with Gasteiger partial charge in [-0.15, -0.1) is 0 Å². The minimum Gasteiger partial charge on any atom is -0.483 e. The van der Waals surface area contributed by atoms with Crippen LogP contribution in [0.4, 0.5) is 15.9 Å². The number of para-hydroxylation sites is 1. The zero-order valence-electron chi connectivity index (χ0n) is 19.3. The second-order valence-corrected chi connectivity index (χ2v) is 8.10. The Bertz CT molecular complexity index is 1430. The summed E-state index contributed by atoms with van der Waals surface area (Å²) < 4.78 is 21.8. The molecule has 0 saturated carbocycles. The van der Waals surface area contributed by atoms with E-state index in [1.807, 2.05) is 51.1 Å². The zero-order valence-corrected chi connectivity index (χ0v) is 19.3. The summed E-state index contributed by atoms with van der Waals surface area (Å²) in [4.78, 5) is 11.4. The largest absolute Gasteiger partial charge is 0.483 e. The van der Waals surface area contributed by atoms with Crippen LogP contribution in [0.5, 0.6) is 5.75 Å². The molecule has 0 unspecified atom stereocenters. The Kier molecular flexibility index (Phi) is 6.24. The number of amides is 1. The molecule has 0 bridgehead atoms. The minimum atomic E-state index is -0.605. The molecule has 4 aromatic rings. The van der Waals surface area contributed by atoms with Crippen molar-refractivity contribution in [2.45, 2.75) is 27.2 Å². The van der Waals surface area contributed by atoms with Crippen LogP contribution in [0.3, 0.4) is 0 Å². The van der Waals surface area contributed by atoms with E-state index >= 15 is 0 Å². The van der Waals surface area contributed by atoms with Crippen molar-refractivity contribution in [3.05, 3.63) is 82.8 Å². The molecule has 2 heterocycles. The van der Waals surface area contributed by atoms with Gasteiger partial charge in [0.25, 0.3) is 5.91 Å². The number of rotatable bonds is 7. The number of nitrogens with one attached hydrogen (secondary N) is 1. The molecule has 2 aromatic carbocycles. The summed E-state index contributed by atoms with van der Waals surface area (Å²) in [5.41, 5.74) is 11.3. The predicted octanol–water partition coefficient (Wildman–Crippen LogP) is 5.40. The summed E-state index contributed by atoms with van der Waals surface area (Å²) in [6.45, 7) is 5.66. The van der Waals surface area contributed by atoms with Crippen molar-refractivity contribution < 1.29 is 13.9 Å². The number of ether oxygens (including phenoxy) is 1. The summed E-state index contributed by atoms with van der Waals surface area (Å²) in [7, 11) is 0. The number of pyridine rings is 1. The zero-order chi connectivity index (χ0) is 24.4. The number of primary amides is 1. The van der Waals surface area contributed by atoms with Crippen molar-refractivity contribution in [3.8, 4) is 22.9 Å². The first-order valence-corrected chi connectivity index (χ1v) is 11.0. The molecule has 0 aliphatic rings. The molecule has 3 N–H and O–H groups in total. The highest BCUT2D eigenvalue weighted by atomic mass is 19.1. The molecule has 7 heteroatoms. The van der Waals surface area contributed by atoms with E-state index in [0.29, 0.717) is 40.2 Å². The average Bonchev–Trinajstić information content (AvgIpc) is 3.11. The Labute approximate surface area is 197 Å². The van der Waals surface area contributed by atoms with Crippen LogP contribution in [0, 0.1) is 31.0 Å². The fourth-order valence-corrected chi connectivity index (χ4v) is 4.26. The molecule has 1 amide bonds. The van der Waals surface area contributed by atoms with Crippen LogP contribution in [0.1, 0.15) is 29.2 Å². The minimum absolute atomic E-state index is 0.302. The lowest BCUT2D eigenvalue weighted by Crippen LogP contribution is -2.20. The summed E-state index contributed by atoms with van der Waals surface area (Å²) in [6, 6.07) is 16.7. The summed E-state index contributed by atoms with van der Waals surface area (Å²) >= 11 is 0. The molecule has 0 atom stereocenters. The van der Waals surface area contributed by atoms with Crippen molar-refractivity contribution in [2.24, 2.45) is 5.73 Å². The Morgan fingerprint density at radius 2 is 1.82 bits per heavy atom. The lowest BCUT2D eigenvalue weighted by Gasteiger charge is -2.18. The topological polar surface area (TPSA) is 92.5 Å². The SMILES string of the molecule is CCc1cccc(OCC(N)=O)c1-c1c(C#N)c2ccc(F)cn2c1Nc1c(C)cccc1C. The highest BCUT2D eigenvalue weighted by Gasteiger charge is 2.26. The Balaban J connectivity index is 2.09. The van der Waals surface area contributed by atoms with Gasteiger partial charge in [0.1, 0.15) is 23.5 Å². The molecule has 0 fully saturated rings. The summed E-state index contributed by atoms with van der Waals surface area (Å²) in [5.74, 6) is -0.0766. The van der Waals surface area contributed by atoms with E-state index in [1.54, 1.807) is 16.5 Å². The van der Waals surface area contributed by atoms with Gasteiger partial charge in [-0.2, -0.15) is 5.26 Å². The first-order valence-electron chi connectivity index (χ1n) is 11.0. The first kappa shape index (κ1) is 22.9. The van der Waals surface area contributed by atoms with Gasteiger partial charge in [-0.05, 0) is 55.2 Å². The number of fused-ring (bicyclic) bond motifs is 1. The van der Waals surface area contributed by atoms with Crippen molar-refractivity contribution >= 4 is 22.9 Å². The number of nitrogens with zero attached hydrogens (tertiary/aromatic N) is 2. The van der Waals surface area contributed by atoms with E-state index in [0.717, 1.165) is 22.4 Å². The van der Waals surface area contributed by atoms with Crippen molar-refractivity contribution in [2.75, 3.05) is 11.9 Å². The fourth-order valence-electron chi connectivity index (χ4n) is 4.26. The molecule has 0 aliphatic carbocycles. The van der Waals surface area contributed by atoms with Crippen molar-refractivity contribution in [1.82, 2.24) is 4.40 Å². The maximum absolute atomic E-state index is 14.4. The highest BCUT2D eigenvalue weighted by molar-refractivity contribution is 5.95. The number of nitriles is 1. The number of hydrogen-bond donors (Lipinski definition) is 2. The third kappa shape index (κ3) is 4.06. The van der Waals surface area contributed by atoms with Gasteiger partial charge in [-0.25, -0.2) is 4.39 Å². The number of carbonyl (C=O) groups excluding carboxylic acids is 1. The monoisotopic (exact) mass is 456 g/mol. The number of aryl methyl sites for hydroxylation is 3. The van der Waals surface area contributed by atoms with Crippen molar-refractivity contribution in [3.63, 3.8) is 0 Å². The Morgan fingerprint density at radius 1 is 1.12 bits per heavy atom. The van der Waals surface area contributed by atoms with Crippen LogP contribution in [-0.4, -0.2) is 16.9 Å². The Hall–Kier alpha value is -4.31. The number of carbonyl (C=O) groups is 1. The molecular formula is C27H25FN4O2. The van der Waals surface area contributed by atoms with E-state index in [2.05, 4.69) is 11.4 Å². The fraction of sp³-hybridized carbons (Fsp3) is 0.185. The third-order valence-electron chi connectivity index (χ3n) is 5.85. The summed E-state index contributed by atoms with van der Waals surface area (Å²) in [5, 5.41) is 13.7. The van der Waals surface area contributed by atoms with Gasteiger partial charge in [-0.1, -0.05) is 37.3 Å². The van der Waals surface area contributed by atoms with Gasteiger partial charge in [0.05, 0.1) is 11.1 Å². The molecule has 172 valence electrons. The van der Waals surface area contributed by atoms with Crippen LogP contribution in [0.15, 0.2) is 54.7 Å². The maximum atomic E-state index is 14.4. The molecule has 0 spiro atoms. The lowest BCUT2D eigenvalue weighted by molar-refractivity contribution is -0.119. The Morgan fingerprint density at radius 3 is 2.47 bits per heavy atom. The molecule has 0 radical (unpaired) electrons. The van der Waals surface area contributed by atoms with Crippen LogP contribution in [0.25, 0.3) is 16.6 Å². The van der Waals surface area contributed by atoms with Crippen LogP contribution < -0.4 is 15.8 Å². The second kappa shape index (κ2) is 9.28. The van der Waals surface area contributed by atoms with Gasteiger partial charge < -0.3 is 15.8 Å². The average molecular weight is 457 g/mol. The van der Waals surface area contributed by atoms with Gasteiger partial charge in [0.2, 0.25) is 0 Å². The normalized spacial score (nSPS) is 10.8. The van der Waals surface area contributed by atoms with E-state index in [9.17, 15) is 14.4 Å². The number of anilines is 2. The molecule has 34 heavy (non-hydrogen) atoms. The van der Waals surface area contributed by atoms with Crippen molar-refractivity contribution in [1.29, 1.82) is 5.26 Å². The smallest absolute Gasteiger partial charge is 0.255 e.